The minimum absolute atomic E-state index is 0. The third kappa shape index (κ3) is 3.21. The number of carbonyl (C=O) groups excluding carboxylic acids is 1. The quantitative estimate of drug-likeness (QED) is 0.504. The molecular formula is C13H14ClN3O. The van der Waals surface area contributed by atoms with Gasteiger partial charge in [-0.3, -0.25) is 4.79 Å². The van der Waals surface area contributed by atoms with Crippen molar-refractivity contribution in [1.29, 1.82) is 0 Å². The number of nitrogen functional groups attached to an aromatic ring is 1. The average molecular weight is 264 g/mol. The minimum Gasteiger partial charge on any atom is -1.00 e. The van der Waals surface area contributed by atoms with E-state index in [1.165, 1.54) is 0 Å². The fourth-order valence-corrected chi connectivity index (χ4v) is 1.57. The Morgan fingerprint density at radius 2 is 2.00 bits per heavy atom. The van der Waals surface area contributed by atoms with E-state index in [4.69, 9.17) is 5.73 Å². The summed E-state index contributed by atoms with van der Waals surface area (Å²) >= 11 is 0. The summed E-state index contributed by atoms with van der Waals surface area (Å²) in [6.07, 6.45) is 1.83. The summed E-state index contributed by atoms with van der Waals surface area (Å²) < 4.78 is 1.77. The van der Waals surface area contributed by atoms with E-state index in [2.05, 4.69) is 5.32 Å². The predicted molar refractivity (Wildman–Crippen MR) is 66.4 cm³/mol. The minimum atomic E-state index is -0.154. The van der Waals surface area contributed by atoms with E-state index in [-0.39, 0.29) is 18.3 Å². The first-order valence-corrected chi connectivity index (χ1v) is 5.28. The van der Waals surface area contributed by atoms with E-state index in [9.17, 15) is 4.79 Å². The number of nitrogens with zero attached hydrogens (tertiary/aromatic N) is 1. The Hall–Kier alpha value is -2.07. The van der Waals surface area contributed by atoms with Crippen LogP contribution in [-0.2, 0) is 7.05 Å². The van der Waals surface area contributed by atoms with Crippen LogP contribution in [0.5, 0.6) is 0 Å². The third-order valence-corrected chi connectivity index (χ3v) is 2.43. The fourth-order valence-electron chi connectivity index (χ4n) is 1.57. The summed E-state index contributed by atoms with van der Waals surface area (Å²) in [5.41, 5.74) is 7.56. The lowest BCUT2D eigenvalue weighted by Gasteiger charge is -2.04. The normalized spacial score (nSPS) is 9.39. The van der Waals surface area contributed by atoms with Crippen LogP contribution in [0.2, 0.25) is 0 Å². The zero-order valence-corrected chi connectivity index (χ0v) is 10.7. The number of hydrogen-bond acceptors (Lipinski definition) is 2. The van der Waals surface area contributed by atoms with Crippen LogP contribution in [0.3, 0.4) is 0 Å². The van der Waals surface area contributed by atoms with Crippen LogP contribution < -0.4 is 28.0 Å². The van der Waals surface area contributed by atoms with E-state index < -0.39 is 0 Å². The SMILES string of the molecule is C[n+]1ccccc1C(=O)Nc1cccc(N)c1.[Cl-]. The second-order valence-electron chi connectivity index (χ2n) is 3.78. The Morgan fingerprint density at radius 3 is 2.67 bits per heavy atom. The molecule has 94 valence electrons. The van der Waals surface area contributed by atoms with Gasteiger partial charge in [-0.2, -0.15) is 4.57 Å². The van der Waals surface area contributed by atoms with Crippen molar-refractivity contribution in [3.05, 3.63) is 54.4 Å². The topological polar surface area (TPSA) is 59.0 Å². The molecule has 4 nitrogen and oxygen atoms in total. The summed E-state index contributed by atoms with van der Waals surface area (Å²) in [6.45, 7) is 0. The Bertz CT molecular complexity index is 557. The number of aryl methyl sites for hydroxylation is 1. The second-order valence-corrected chi connectivity index (χ2v) is 3.78. The highest BCUT2D eigenvalue weighted by molar-refractivity contribution is 6.01. The molecule has 0 saturated carbocycles. The van der Waals surface area contributed by atoms with Gasteiger partial charge in [0.15, 0.2) is 6.20 Å². The van der Waals surface area contributed by atoms with Crippen LogP contribution in [0.15, 0.2) is 48.7 Å². The number of pyridine rings is 1. The number of hydrogen-bond donors (Lipinski definition) is 2. The third-order valence-electron chi connectivity index (χ3n) is 2.43. The van der Waals surface area contributed by atoms with Crippen molar-refractivity contribution < 1.29 is 21.8 Å². The molecule has 0 bridgehead atoms. The molecule has 2 aromatic rings. The van der Waals surface area contributed by atoms with Crippen LogP contribution in [0.25, 0.3) is 0 Å². The number of aromatic nitrogens is 1. The highest BCUT2D eigenvalue weighted by atomic mass is 35.5. The molecular weight excluding hydrogens is 250 g/mol. The number of nitrogens with one attached hydrogen (secondary N) is 1. The van der Waals surface area contributed by atoms with Crippen LogP contribution in [0.4, 0.5) is 11.4 Å². The zero-order valence-electron chi connectivity index (χ0n) is 9.93. The molecule has 1 heterocycles. The summed E-state index contributed by atoms with van der Waals surface area (Å²) in [4.78, 5) is 12.0. The van der Waals surface area contributed by atoms with Gasteiger partial charge in [-0.25, -0.2) is 0 Å². The van der Waals surface area contributed by atoms with Crippen LogP contribution in [-0.4, -0.2) is 5.91 Å². The van der Waals surface area contributed by atoms with Crippen LogP contribution in [0.1, 0.15) is 10.5 Å². The first kappa shape index (κ1) is 14.0. The lowest BCUT2D eigenvalue weighted by Crippen LogP contribution is -3.00. The van der Waals surface area contributed by atoms with Crippen molar-refractivity contribution in [2.24, 2.45) is 7.05 Å². The molecule has 1 amide bonds. The zero-order chi connectivity index (χ0) is 12.3. The summed E-state index contributed by atoms with van der Waals surface area (Å²) in [7, 11) is 1.83. The molecule has 0 spiro atoms. The fraction of sp³-hybridized carbons (Fsp3) is 0.0769. The summed E-state index contributed by atoms with van der Waals surface area (Å²) in [5, 5.41) is 2.80. The van der Waals surface area contributed by atoms with Gasteiger partial charge in [-0.05, 0) is 24.3 Å². The molecule has 5 heteroatoms. The molecule has 2 rings (SSSR count). The molecule has 18 heavy (non-hydrogen) atoms. The first-order valence-electron chi connectivity index (χ1n) is 5.28. The maximum Gasteiger partial charge on any atom is 0.320 e. The molecule has 0 aliphatic carbocycles. The highest BCUT2D eigenvalue weighted by Gasteiger charge is 2.15. The molecule has 0 unspecified atom stereocenters. The van der Waals surface area contributed by atoms with E-state index in [1.54, 1.807) is 34.9 Å². The molecule has 0 radical (unpaired) electrons. The number of benzene rings is 1. The number of anilines is 2. The van der Waals surface area contributed by atoms with Crippen LogP contribution >= 0.6 is 0 Å². The molecule has 0 fully saturated rings. The second kappa shape index (κ2) is 6.02. The monoisotopic (exact) mass is 263 g/mol. The van der Waals surface area contributed by atoms with Crippen LogP contribution in [0, 0.1) is 0 Å². The molecule has 0 saturated heterocycles. The van der Waals surface area contributed by atoms with Gasteiger partial charge in [0.2, 0.25) is 0 Å². The molecule has 1 aromatic heterocycles. The lowest BCUT2D eigenvalue weighted by molar-refractivity contribution is -0.673. The molecule has 0 atom stereocenters. The summed E-state index contributed by atoms with van der Waals surface area (Å²) in [6, 6.07) is 12.6. The van der Waals surface area contributed by atoms with Gasteiger partial charge in [0, 0.05) is 23.5 Å². The first-order chi connectivity index (χ1) is 8.16. The van der Waals surface area contributed by atoms with Gasteiger partial charge in [0.1, 0.15) is 7.05 Å². The number of nitrogens with two attached hydrogens (primary N) is 1. The van der Waals surface area contributed by atoms with Crippen molar-refractivity contribution in [3.8, 4) is 0 Å². The summed E-state index contributed by atoms with van der Waals surface area (Å²) in [5.74, 6) is -0.154. The van der Waals surface area contributed by atoms with E-state index >= 15 is 0 Å². The predicted octanol–water partition coefficient (Wildman–Crippen LogP) is -1.65. The number of carbonyl (C=O) groups is 1. The van der Waals surface area contributed by atoms with Gasteiger partial charge in [0.05, 0.1) is 0 Å². The van der Waals surface area contributed by atoms with Gasteiger partial charge >= 0.3 is 5.91 Å². The maximum absolute atomic E-state index is 12.0. The van der Waals surface area contributed by atoms with Crippen molar-refractivity contribution in [1.82, 2.24) is 0 Å². The van der Waals surface area contributed by atoms with Crippen molar-refractivity contribution in [3.63, 3.8) is 0 Å². The van der Waals surface area contributed by atoms with E-state index in [0.717, 1.165) is 0 Å². The van der Waals surface area contributed by atoms with Gasteiger partial charge < -0.3 is 23.5 Å². The standard InChI is InChI=1S/C13H13N3O.ClH/c1-16-8-3-2-7-12(16)13(17)15-11-6-4-5-10(14)9-11;/h2-9H,14H2,1H3;1H. The van der Waals surface area contributed by atoms with Gasteiger partial charge in [0.25, 0.3) is 5.69 Å². The van der Waals surface area contributed by atoms with Crippen molar-refractivity contribution in [2.75, 3.05) is 11.1 Å². The maximum atomic E-state index is 12.0. The highest BCUT2D eigenvalue weighted by Crippen LogP contribution is 2.12. The largest absolute Gasteiger partial charge is 1.00 e. The molecule has 1 aromatic carbocycles. The number of halogens is 1. The van der Waals surface area contributed by atoms with Crippen molar-refractivity contribution >= 4 is 17.3 Å². The smallest absolute Gasteiger partial charge is 0.320 e. The Labute approximate surface area is 112 Å². The Kier molecular flexibility index (Phi) is 4.68. The van der Waals surface area contributed by atoms with Crippen molar-refractivity contribution in [2.45, 2.75) is 0 Å². The number of amides is 1. The molecule has 3 N–H and O–H groups in total. The number of rotatable bonds is 2. The van der Waals surface area contributed by atoms with E-state index in [0.29, 0.717) is 17.1 Å². The molecule has 0 aliphatic heterocycles. The lowest BCUT2D eigenvalue weighted by atomic mass is 10.2. The Balaban J connectivity index is 0.00000162. The Morgan fingerprint density at radius 1 is 1.22 bits per heavy atom. The van der Waals surface area contributed by atoms with Gasteiger partial charge in [-0.1, -0.05) is 6.07 Å². The molecule has 0 aliphatic rings. The average Bonchev–Trinajstić information content (AvgIpc) is 2.29. The van der Waals surface area contributed by atoms with Gasteiger partial charge in [-0.15, -0.1) is 0 Å². The van der Waals surface area contributed by atoms with E-state index in [1.807, 2.05) is 25.4 Å².